The molecule has 0 radical (unpaired) electrons. The molecule has 0 saturated heterocycles. The quantitative estimate of drug-likeness (QED) is 0.874. The van der Waals surface area contributed by atoms with Crippen molar-refractivity contribution in [2.75, 3.05) is 5.73 Å². The average Bonchev–Trinajstić information content (AvgIpc) is 2.78. The van der Waals surface area contributed by atoms with E-state index in [4.69, 9.17) is 5.73 Å². The lowest BCUT2D eigenvalue weighted by atomic mass is 10.0. The summed E-state index contributed by atoms with van der Waals surface area (Å²) in [7, 11) is 0. The highest BCUT2D eigenvalue weighted by Gasteiger charge is 2.21. The van der Waals surface area contributed by atoms with Crippen LogP contribution >= 0.6 is 0 Å². The van der Waals surface area contributed by atoms with Gasteiger partial charge in [-0.25, -0.2) is 0 Å². The summed E-state index contributed by atoms with van der Waals surface area (Å²) < 4.78 is 1.90. The van der Waals surface area contributed by atoms with Gasteiger partial charge in [0.2, 0.25) is 0 Å². The van der Waals surface area contributed by atoms with Crippen LogP contribution in [0.4, 0.5) is 5.69 Å². The third-order valence-electron chi connectivity index (χ3n) is 3.56. The van der Waals surface area contributed by atoms with Crippen molar-refractivity contribution < 1.29 is 0 Å². The van der Waals surface area contributed by atoms with Gasteiger partial charge in [-0.1, -0.05) is 26.7 Å². The van der Waals surface area contributed by atoms with Gasteiger partial charge < -0.3 is 10.3 Å². The van der Waals surface area contributed by atoms with Crippen LogP contribution in [0.5, 0.6) is 0 Å². The van der Waals surface area contributed by atoms with Gasteiger partial charge in [-0.2, -0.15) is 0 Å². The Kier molecular flexibility index (Phi) is 3.55. The zero-order chi connectivity index (χ0) is 12.4. The fourth-order valence-corrected chi connectivity index (χ4v) is 2.74. The van der Waals surface area contributed by atoms with Crippen LogP contribution in [-0.2, 0) is 6.54 Å². The molecular weight excluding hydrogens is 212 g/mol. The maximum Gasteiger partial charge on any atom is 0.273 e. The molecule has 3 nitrogen and oxygen atoms in total. The molecule has 0 atom stereocenters. The van der Waals surface area contributed by atoms with Crippen molar-refractivity contribution in [2.45, 2.75) is 52.0 Å². The molecule has 1 saturated carbocycles. The Morgan fingerprint density at radius 1 is 1.35 bits per heavy atom. The summed E-state index contributed by atoms with van der Waals surface area (Å²) in [4.78, 5) is 12.1. The van der Waals surface area contributed by atoms with Gasteiger partial charge in [0.05, 0.1) is 5.69 Å². The zero-order valence-corrected chi connectivity index (χ0v) is 10.8. The van der Waals surface area contributed by atoms with Gasteiger partial charge >= 0.3 is 0 Å². The number of nitrogen functional groups attached to an aromatic ring is 1. The van der Waals surface area contributed by atoms with E-state index in [9.17, 15) is 4.79 Å². The minimum absolute atomic E-state index is 0.0110. The lowest BCUT2D eigenvalue weighted by Crippen LogP contribution is -2.28. The molecule has 1 aromatic heterocycles. The highest BCUT2D eigenvalue weighted by Crippen LogP contribution is 2.33. The number of pyridine rings is 1. The highest BCUT2D eigenvalue weighted by atomic mass is 16.1. The first-order chi connectivity index (χ1) is 8.09. The maximum absolute atomic E-state index is 12.1. The van der Waals surface area contributed by atoms with E-state index in [2.05, 4.69) is 19.9 Å². The average molecular weight is 234 g/mol. The summed E-state index contributed by atoms with van der Waals surface area (Å²) >= 11 is 0. The smallest absolute Gasteiger partial charge is 0.273 e. The summed E-state index contributed by atoms with van der Waals surface area (Å²) in [5.41, 5.74) is 7.28. The molecule has 0 aliphatic heterocycles. The van der Waals surface area contributed by atoms with Crippen molar-refractivity contribution in [1.29, 1.82) is 0 Å². The van der Waals surface area contributed by atoms with Crippen molar-refractivity contribution in [1.82, 2.24) is 4.57 Å². The number of hydrogen-bond donors (Lipinski definition) is 1. The standard InChI is InChI=1S/C14H22N2O/c1-10(2)9-16-13(11-5-3-4-6-11)8-7-12(15)14(16)17/h7-8,10-11H,3-6,9,15H2,1-2H3. The normalized spacial score (nSPS) is 16.9. The first-order valence-electron chi connectivity index (χ1n) is 6.59. The lowest BCUT2D eigenvalue weighted by molar-refractivity contribution is 0.479. The first kappa shape index (κ1) is 12.2. The second-order valence-corrected chi connectivity index (χ2v) is 5.50. The fraction of sp³-hybridized carbons (Fsp3) is 0.643. The molecule has 1 heterocycles. The van der Waals surface area contributed by atoms with Gasteiger partial charge in [-0.15, -0.1) is 0 Å². The molecule has 1 aliphatic carbocycles. The van der Waals surface area contributed by atoms with Crippen LogP contribution in [0.15, 0.2) is 16.9 Å². The van der Waals surface area contributed by atoms with E-state index < -0.39 is 0 Å². The molecule has 0 aromatic carbocycles. The van der Waals surface area contributed by atoms with E-state index >= 15 is 0 Å². The molecule has 0 bridgehead atoms. The first-order valence-corrected chi connectivity index (χ1v) is 6.59. The van der Waals surface area contributed by atoms with E-state index in [1.165, 1.54) is 31.4 Å². The molecule has 2 rings (SSSR count). The molecular formula is C14H22N2O. The SMILES string of the molecule is CC(C)Cn1c(C2CCCC2)ccc(N)c1=O. The Morgan fingerprint density at radius 3 is 2.59 bits per heavy atom. The Balaban J connectivity index is 2.42. The lowest BCUT2D eigenvalue weighted by Gasteiger charge is -2.19. The van der Waals surface area contributed by atoms with E-state index in [0.29, 0.717) is 17.5 Å². The summed E-state index contributed by atoms with van der Waals surface area (Å²) in [5.74, 6) is 1.02. The third-order valence-corrected chi connectivity index (χ3v) is 3.56. The Labute approximate surface area is 103 Å². The van der Waals surface area contributed by atoms with Gasteiger partial charge in [-0.3, -0.25) is 4.79 Å². The van der Waals surface area contributed by atoms with Crippen LogP contribution in [0.3, 0.4) is 0 Å². The van der Waals surface area contributed by atoms with Crippen LogP contribution in [0, 0.1) is 5.92 Å². The second kappa shape index (κ2) is 4.94. The van der Waals surface area contributed by atoms with E-state index in [0.717, 1.165) is 6.54 Å². The molecule has 1 fully saturated rings. The molecule has 0 amide bonds. The van der Waals surface area contributed by atoms with Gasteiger partial charge in [-0.05, 0) is 36.8 Å². The topological polar surface area (TPSA) is 48.0 Å². The maximum atomic E-state index is 12.1. The molecule has 3 heteroatoms. The number of nitrogens with two attached hydrogens (primary N) is 1. The predicted octanol–water partition coefficient (Wildman–Crippen LogP) is 2.74. The number of nitrogens with zero attached hydrogens (tertiary/aromatic N) is 1. The van der Waals surface area contributed by atoms with Crippen LogP contribution in [0.2, 0.25) is 0 Å². The largest absolute Gasteiger partial charge is 0.394 e. The van der Waals surface area contributed by atoms with Gasteiger partial charge in [0, 0.05) is 12.2 Å². The number of hydrogen-bond acceptors (Lipinski definition) is 2. The summed E-state index contributed by atoms with van der Waals surface area (Å²) in [6.45, 7) is 5.04. The molecule has 1 aliphatic rings. The van der Waals surface area contributed by atoms with Crippen LogP contribution in [0.25, 0.3) is 0 Å². The monoisotopic (exact) mass is 234 g/mol. The van der Waals surface area contributed by atoms with Crippen LogP contribution in [0.1, 0.15) is 51.1 Å². The summed E-state index contributed by atoms with van der Waals surface area (Å²) in [5, 5.41) is 0. The number of rotatable bonds is 3. The number of aromatic nitrogens is 1. The molecule has 2 N–H and O–H groups in total. The van der Waals surface area contributed by atoms with Crippen molar-refractivity contribution in [3.8, 4) is 0 Å². The molecule has 17 heavy (non-hydrogen) atoms. The molecule has 0 unspecified atom stereocenters. The molecule has 94 valence electrons. The van der Waals surface area contributed by atoms with Gasteiger partial charge in [0.1, 0.15) is 0 Å². The van der Waals surface area contributed by atoms with Gasteiger partial charge in [0.15, 0.2) is 0 Å². The minimum atomic E-state index is -0.0110. The van der Waals surface area contributed by atoms with Crippen LogP contribution < -0.4 is 11.3 Å². The van der Waals surface area contributed by atoms with Crippen molar-refractivity contribution in [3.63, 3.8) is 0 Å². The Bertz CT molecular complexity index is 442. The molecule has 0 spiro atoms. The Hall–Kier alpha value is -1.25. The summed E-state index contributed by atoms with van der Waals surface area (Å²) in [6.07, 6.45) is 4.98. The molecule has 1 aromatic rings. The third kappa shape index (κ3) is 2.54. The zero-order valence-electron chi connectivity index (χ0n) is 10.8. The van der Waals surface area contributed by atoms with Crippen LogP contribution in [-0.4, -0.2) is 4.57 Å². The highest BCUT2D eigenvalue weighted by molar-refractivity contribution is 5.36. The predicted molar refractivity (Wildman–Crippen MR) is 71.2 cm³/mol. The number of anilines is 1. The van der Waals surface area contributed by atoms with Crippen molar-refractivity contribution in [3.05, 3.63) is 28.2 Å². The van der Waals surface area contributed by atoms with Gasteiger partial charge in [0.25, 0.3) is 5.56 Å². The van der Waals surface area contributed by atoms with Crippen molar-refractivity contribution >= 4 is 5.69 Å². The Morgan fingerprint density at radius 2 is 2.00 bits per heavy atom. The minimum Gasteiger partial charge on any atom is -0.394 e. The fourth-order valence-electron chi connectivity index (χ4n) is 2.74. The van der Waals surface area contributed by atoms with E-state index in [1.807, 2.05) is 4.57 Å². The second-order valence-electron chi connectivity index (χ2n) is 5.50. The van der Waals surface area contributed by atoms with E-state index in [-0.39, 0.29) is 5.56 Å². The summed E-state index contributed by atoms with van der Waals surface area (Å²) in [6, 6.07) is 3.82. The van der Waals surface area contributed by atoms with E-state index in [1.54, 1.807) is 6.07 Å². The van der Waals surface area contributed by atoms with Crippen molar-refractivity contribution in [2.24, 2.45) is 5.92 Å².